The van der Waals surface area contributed by atoms with E-state index in [2.05, 4.69) is 17.4 Å². The second kappa shape index (κ2) is 8.67. The molecule has 30 heavy (non-hydrogen) atoms. The van der Waals surface area contributed by atoms with E-state index in [1.54, 1.807) is 4.57 Å². The predicted octanol–water partition coefficient (Wildman–Crippen LogP) is 5.68. The van der Waals surface area contributed by atoms with Crippen LogP contribution in [0.5, 0.6) is 0 Å². The van der Waals surface area contributed by atoms with E-state index < -0.39 is 0 Å². The molecule has 3 aromatic carbocycles. The molecule has 152 valence electrons. The van der Waals surface area contributed by atoms with Crippen molar-refractivity contribution >= 4 is 33.1 Å². The maximum Gasteiger partial charge on any atom is 0.308 e. The largest absolute Gasteiger partial charge is 0.322 e. The Bertz CT molecular complexity index is 1240. The first-order valence-electron chi connectivity index (χ1n) is 10.1. The third-order valence-corrected chi connectivity index (χ3v) is 6.09. The SMILES string of the molecule is CC(C)n1c(=O)sc2cc(NC(=O)c3ccccc3CCc3ccccc3)ccc21. The van der Waals surface area contributed by atoms with Gasteiger partial charge in [-0.15, -0.1) is 0 Å². The van der Waals surface area contributed by atoms with Crippen molar-refractivity contribution in [2.24, 2.45) is 0 Å². The van der Waals surface area contributed by atoms with Crippen LogP contribution in [0.15, 0.2) is 77.6 Å². The lowest BCUT2D eigenvalue weighted by molar-refractivity contribution is 0.102. The van der Waals surface area contributed by atoms with Crippen molar-refractivity contribution in [3.8, 4) is 0 Å². The minimum absolute atomic E-state index is 0.0229. The number of fused-ring (bicyclic) bond motifs is 1. The van der Waals surface area contributed by atoms with Crippen molar-refractivity contribution in [2.75, 3.05) is 5.32 Å². The molecule has 0 radical (unpaired) electrons. The maximum atomic E-state index is 13.0. The summed E-state index contributed by atoms with van der Waals surface area (Å²) >= 11 is 1.21. The quantitative estimate of drug-likeness (QED) is 0.439. The molecule has 5 heteroatoms. The zero-order valence-corrected chi connectivity index (χ0v) is 17.9. The number of aryl methyl sites for hydroxylation is 2. The normalized spacial score (nSPS) is 11.2. The van der Waals surface area contributed by atoms with Crippen molar-refractivity contribution in [1.29, 1.82) is 0 Å². The summed E-state index contributed by atoms with van der Waals surface area (Å²) in [6.07, 6.45) is 1.68. The van der Waals surface area contributed by atoms with E-state index in [0.717, 1.165) is 28.6 Å². The van der Waals surface area contributed by atoms with Crippen LogP contribution in [0.2, 0.25) is 0 Å². The highest BCUT2D eigenvalue weighted by atomic mass is 32.1. The molecule has 0 fully saturated rings. The molecule has 0 atom stereocenters. The van der Waals surface area contributed by atoms with Gasteiger partial charge < -0.3 is 5.32 Å². The van der Waals surface area contributed by atoms with Crippen LogP contribution >= 0.6 is 11.3 Å². The summed E-state index contributed by atoms with van der Waals surface area (Å²) in [5, 5.41) is 3.00. The fraction of sp³-hybridized carbons (Fsp3) is 0.200. The van der Waals surface area contributed by atoms with Gasteiger partial charge in [0.25, 0.3) is 5.91 Å². The maximum absolute atomic E-state index is 13.0. The molecule has 1 amide bonds. The zero-order chi connectivity index (χ0) is 21.1. The topological polar surface area (TPSA) is 51.1 Å². The fourth-order valence-corrected chi connectivity index (χ4v) is 4.74. The first-order valence-corrected chi connectivity index (χ1v) is 10.9. The summed E-state index contributed by atoms with van der Waals surface area (Å²) in [4.78, 5) is 25.3. The number of nitrogens with one attached hydrogen (secondary N) is 1. The standard InChI is InChI=1S/C25H24N2O2S/c1-17(2)27-22-15-14-20(16-23(22)30-25(27)29)26-24(28)21-11-7-6-10-19(21)13-12-18-8-4-3-5-9-18/h3-11,14-17H,12-13H2,1-2H3,(H,26,28). The van der Waals surface area contributed by atoms with Crippen LogP contribution in [-0.4, -0.2) is 10.5 Å². The lowest BCUT2D eigenvalue weighted by Gasteiger charge is -2.11. The van der Waals surface area contributed by atoms with E-state index in [-0.39, 0.29) is 16.8 Å². The second-order valence-corrected chi connectivity index (χ2v) is 8.60. The summed E-state index contributed by atoms with van der Waals surface area (Å²) in [7, 11) is 0. The molecule has 0 aliphatic carbocycles. The predicted molar refractivity (Wildman–Crippen MR) is 125 cm³/mol. The van der Waals surface area contributed by atoms with Gasteiger partial charge in [-0.25, -0.2) is 0 Å². The molecule has 4 nitrogen and oxygen atoms in total. The highest BCUT2D eigenvalue weighted by Crippen LogP contribution is 2.25. The van der Waals surface area contributed by atoms with Crippen LogP contribution in [0, 0.1) is 0 Å². The van der Waals surface area contributed by atoms with Gasteiger partial charge in [-0.3, -0.25) is 14.2 Å². The van der Waals surface area contributed by atoms with E-state index in [0.29, 0.717) is 11.3 Å². The van der Waals surface area contributed by atoms with Gasteiger partial charge in [0, 0.05) is 17.3 Å². The number of amides is 1. The van der Waals surface area contributed by atoms with E-state index in [1.807, 2.05) is 74.5 Å². The molecule has 4 rings (SSSR count). The van der Waals surface area contributed by atoms with Gasteiger partial charge in [0.2, 0.25) is 0 Å². The van der Waals surface area contributed by atoms with Gasteiger partial charge in [-0.1, -0.05) is 59.9 Å². The summed E-state index contributed by atoms with van der Waals surface area (Å²) in [5.74, 6) is -0.131. The molecule has 0 saturated carbocycles. The molecule has 0 saturated heterocycles. The number of aromatic nitrogens is 1. The number of benzene rings is 3. The Labute approximate surface area is 179 Å². The van der Waals surface area contributed by atoms with Crippen molar-refractivity contribution < 1.29 is 4.79 Å². The Morgan fingerprint density at radius 3 is 2.47 bits per heavy atom. The Balaban J connectivity index is 1.55. The van der Waals surface area contributed by atoms with Crippen molar-refractivity contribution in [2.45, 2.75) is 32.7 Å². The fourth-order valence-electron chi connectivity index (χ4n) is 3.69. The average Bonchev–Trinajstić information content (AvgIpc) is 3.08. The monoisotopic (exact) mass is 416 g/mol. The third kappa shape index (κ3) is 4.21. The first-order chi connectivity index (χ1) is 14.5. The van der Waals surface area contributed by atoms with Gasteiger partial charge in [0.15, 0.2) is 0 Å². The van der Waals surface area contributed by atoms with Gasteiger partial charge in [0.1, 0.15) is 0 Å². The number of hydrogen-bond acceptors (Lipinski definition) is 3. The number of carbonyl (C=O) groups excluding carboxylic acids is 1. The van der Waals surface area contributed by atoms with Gasteiger partial charge in [-0.05, 0) is 62.1 Å². The second-order valence-electron chi connectivity index (χ2n) is 7.61. The minimum atomic E-state index is -0.131. The minimum Gasteiger partial charge on any atom is -0.322 e. The summed E-state index contributed by atoms with van der Waals surface area (Å²) in [6.45, 7) is 3.99. The van der Waals surface area contributed by atoms with E-state index >= 15 is 0 Å². The lowest BCUT2D eigenvalue weighted by Crippen LogP contribution is -2.15. The molecule has 0 unspecified atom stereocenters. The molecule has 0 spiro atoms. The summed E-state index contributed by atoms with van der Waals surface area (Å²) in [5.41, 5.74) is 4.56. The zero-order valence-electron chi connectivity index (χ0n) is 17.1. The summed E-state index contributed by atoms with van der Waals surface area (Å²) in [6, 6.07) is 23.8. The average molecular weight is 417 g/mol. The Hall–Kier alpha value is -3.18. The Morgan fingerprint density at radius 1 is 0.967 bits per heavy atom. The van der Waals surface area contributed by atoms with Crippen LogP contribution in [0.4, 0.5) is 5.69 Å². The number of anilines is 1. The van der Waals surface area contributed by atoms with Crippen LogP contribution in [0.25, 0.3) is 10.2 Å². The molecule has 0 bridgehead atoms. The van der Waals surface area contributed by atoms with Crippen LogP contribution in [0.3, 0.4) is 0 Å². The van der Waals surface area contributed by atoms with E-state index in [4.69, 9.17) is 0 Å². The molecule has 0 aliphatic rings. The van der Waals surface area contributed by atoms with Gasteiger partial charge >= 0.3 is 4.87 Å². The number of nitrogens with zero attached hydrogens (tertiary/aromatic N) is 1. The van der Waals surface area contributed by atoms with Crippen LogP contribution in [0.1, 0.15) is 41.4 Å². The lowest BCUT2D eigenvalue weighted by atomic mass is 9.99. The highest BCUT2D eigenvalue weighted by Gasteiger charge is 2.14. The number of hydrogen-bond donors (Lipinski definition) is 1. The smallest absolute Gasteiger partial charge is 0.308 e. The van der Waals surface area contributed by atoms with Crippen molar-refractivity contribution in [1.82, 2.24) is 4.57 Å². The number of rotatable bonds is 6. The molecule has 1 heterocycles. The Kier molecular flexibility index (Phi) is 5.81. The van der Waals surface area contributed by atoms with Gasteiger partial charge in [-0.2, -0.15) is 0 Å². The van der Waals surface area contributed by atoms with Crippen LogP contribution < -0.4 is 10.2 Å². The first kappa shape index (κ1) is 20.1. The van der Waals surface area contributed by atoms with Crippen LogP contribution in [-0.2, 0) is 12.8 Å². The molecule has 0 aliphatic heterocycles. The van der Waals surface area contributed by atoms with E-state index in [1.165, 1.54) is 16.9 Å². The molecule has 1 N–H and O–H groups in total. The Morgan fingerprint density at radius 2 is 1.70 bits per heavy atom. The summed E-state index contributed by atoms with van der Waals surface area (Å²) < 4.78 is 2.66. The third-order valence-electron chi connectivity index (χ3n) is 5.18. The van der Waals surface area contributed by atoms with Crippen molar-refractivity contribution in [3.63, 3.8) is 0 Å². The highest BCUT2D eigenvalue weighted by molar-refractivity contribution is 7.16. The number of carbonyl (C=O) groups is 1. The molecular weight excluding hydrogens is 392 g/mol. The van der Waals surface area contributed by atoms with Crippen molar-refractivity contribution in [3.05, 3.63) is 99.2 Å². The molecule has 1 aromatic heterocycles. The number of thiazole rings is 1. The van der Waals surface area contributed by atoms with E-state index in [9.17, 15) is 9.59 Å². The van der Waals surface area contributed by atoms with Gasteiger partial charge in [0.05, 0.1) is 10.2 Å². The molecular formula is C25H24N2O2S. The molecule has 4 aromatic rings.